The Balaban J connectivity index is 1.51. The van der Waals surface area contributed by atoms with E-state index in [0.717, 1.165) is 5.75 Å². The topological polar surface area (TPSA) is 120 Å². The van der Waals surface area contributed by atoms with E-state index < -0.39 is 18.5 Å². The van der Waals surface area contributed by atoms with Crippen LogP contribution >= 0.6 is 0 Å². The summed E-state index contributed by atoms with van der Waals surface area (Å²) < 4.78 is 15.5. The average Bonchev–Trinajstić information content (AvgIpc) is 3.20. The fraction of sp³-hybridized carbons (Fsp3) is 0.250. The normalized spacial score (nSPS) is 10.4. The van der Waals surface area contributed by atoms with Crippen molar-refractivity contribution in [1.29, 1.82) is 0 Å². The van der Waals surface area contributed by atoms with Crippen LogP contribution in [-0.4, -0.2) is 36.2 Å². The molecule has 0 unspecified atom stereocenters. The van der Waals surface area contributed by atoms with Crippen molar-refractivity contribution in [3.8, 4) is 5.75 Å². The van der Waals surface area contributed by atoms with Crippen molar-refractivity contribution in [2.24, 2.45) is 0 Å². The highest BCUT2D eigenvalue weighted by Crippen LogP contribution is 2.18. The van der Waals surface area contributed by atoms with Crippen molar-refractivity contribution >= 4 is 29.2 Å². The van der Waals surface area contributed by atoms with Crippen LogP contribution in [0.5, 0.6) is 5.75 Å². The summed E-state index contributed by atoms with van der Waals surface area (Å²) >= 11 is 0. The SMILES string of the molecule is CCOc1ccc(NC(=O)c2ccc(NC(=O)COC(=O)c3c(CC)noc3C)cc2)cc1. The van der Waals surface area contributed by atoms with E-state index in [4.69, 9.17) is 14.0 Å². The van der Waals surface area contributed by atoms with Crippen LogP contribution in [0, 0.1) is 6.92 Å². The van der Waals surface area contributed by atoms with E-state index in [1.165, 1.54) is 0 Å². The summed E-state index contributed by atoms with van der Waals surface area (Å²) in [7, 11) is 0. The van der Waals surface area contributed by atoms with E-state index in [1.807, 2.05) is 13.8 Å². The number of rotatable bonds is 9. The van der Waals surface area contributed by atoms with Gasteiger partial charge in [-0.2, -0.15) is 0 Å². The lowest BCUT2D eigenvalue weighted by molar-refractivity contribution is -0.119. The number of carbonyl (C=O) groups excluding carboxylic acids is 3. The number of nitrogens with one attached hydrogen (secondary N) is 2. The third-order valence-corrected chi connectivity index (χ3v) is 4.66. The van der Waals surface area contributed by atoms with Gasteiger partial charge in [-0.15, -0.1) is 0 Å². The van der Waals surface area contributed by atoms with Crippen LogP contribution in [0.15, 0.2) is 53.1 Å². The second-order valence-corrected chi connectivity index (χ2v) is 7.03. The smallest absolute Gasteiger partial charge is 0.344 e. The number of carbonyl (C=O) groups is 3. The van der Waals surface area contributed by atoms with E-state index >= 15 is 0 Å². The van der Waals surface area contributed by atoms with Gasteiger partial charge in [0.1, 0.15) is 17.1 Å². The van der Waals surface area contributed by atoms with Gasteiger partial charge in [-0.05, 0) is 68.8 Å². The highest BCUT2D eigenvalue weighted by molar-refractivity contribution is 6.04. The molecule has 0 saturated carbocycles. The summed E-state index contributed by atoms with van der Waals surface area (Å²) in [5.74, 6) is -0.397. The molecule has 0 atom stereocenters. The summed E-state index contributed by atoms with van der Waals surface area (Å²) in [4.78, 5) is 36.8. The molecule has 1 aromatic heterocycles. The molecule has 0 fully saturated rings. The van der Waals surface area contributed by atoms with Crippen LogP contribution in [0.3, 0.4) is 0 Å². The van der Waals surface area contributed by atoms with Gasteiger partial charge >= 0.3 is 5.97 Å². The maximum Gasteiger partial charge on any atom is 0.344 e. The predicted octanol–water partition coefficient (Wildman–Crippen LogP) is 3.99. The average molecular weight is 451 g/mol. The third-order valence-electron chi connectivity index (χ3n) is 4.66. The quantitative estimate of drug-likeness (QED) is 0.472. The molecule has 3 rings (SSSR count). The number of ether oxygens (including phenoxy) is 2. The second kappa shape index (κ2) is 10.9. The molecule has 0 radical (unpaired) electrons. The maximum atomic E-state index is 12.4. The molecule has 0 aliphatic carbocycles. The second-order valence-electron chi connectivity index (χ2n) is 7.03. The van der Waals surface area contributed by atoms with Crippen molar-refractivity contribution in [3.05, 3.63) is 71.1 Å². The van der Waals surface area contributed by atoms with E-state index in [0.29, 0.717) is 41.4 Å². The van der Waals surface area contributed by atoms with Gasteiger partial charge in [0.25, 0.3) is 11.8 Å². The van der Waals surface area contributed by atoms with Gasteiger partial charge in [0.2, 0.25) is 0 Å². The molecule has 2 N–H and O–H groups in total. The molecular formula is C24H25N3O6. The summed E-state index contributed by atoms with van der Waals surface area (Å²) in [5, 5.41) is 9.21. The lowest BCUT2D eigenvalue weighted by Gasteiger charge is -2.09. The number of aromatic nitrogens is 1. The number of hydrogen-bond acceptors (Lipinski definition) is 7. The fourth-order valence-electron chi connectivity index (χ4n) is 3.03. The Bertz CT molecular complexity index is 1120. The summed E-state index contributed by atoms with van der Waals surface area (Å²) in [5.41, 5.74) is 2.24. The van der Waals surface area contributed by atoms with Crippen LogP contribution in [0.1, 0.15) is 46.0 Å². The van der Waals surface area contributed by atoms with Crippen molar-refractivity contribution in [2.45, 2.75) is 27.2 Å². The molecule has 0 spiro atoms. The standard InChI is InChI=1S/C24H25N3O6/c1-4-20-22(15(3)33-27-20)24(30)32-14-21(28)25-17-8-6-16(7-9-17)23(29)26-18-10-12-19(13-11-18)31-5-2/h6-13H,4-5,14H2,1-3H3,(H,25,28)(H,26,29). The molecule has 1 heterocycles. The molecule has 0 saturated heterocycles. The summed E-state index contributed by atoms with van der Waals surface area (Å²) in [6.45, 7) is 5.44. The zero-order valence-electron chi connectivity index (χ0n) is 18.6. The minimum Gasteiger partial charge on any atom is -0.494 e. The molecule has 33 heavy (non-hydrogen) atoms. The monoisotopic (exact) mass is 451 g/mol. The predicted molar refractivity (Wildman–Crippen MR) is 122 cm³/mol. The van der Waals surface area contributed by atoms with Crippen molar-refractivity contribution in [2.75, 3.05) is 23.8 Å². The number of esters is 1. The Morgan fingerprint density at radius 3 is 2.21 bits per heavy atom. The van der Waals surface area contributed by atoms with Crippen molar-refractivity contribution < 1.29 is 28.4 Å². The maximum absolute atomic E-state index is 12.4. The lowest BCUT2D eigenvalue weighted by Crippen LogP contribution is -2.21. The highest BCUT2D eigenvalue weighted by Gasteiger charge is 2.21. The van der Waals surface area contributed by atoms with Crippen molar-refractivity contribution in [3.63, 3.8) is 0 Å². The molecule has 2 amide bonds. The Morgan fingerprint density at radius 1 is 0.939 bits per heavy atom. The Labute approximate surface area is 191 Å². The number of nitrogens with zero attached hydrogens (tertiary/aromatic N) is 1. The minimum atomic E-state index is -0.665. The zero-order chi connectivity index (χ0) is 23.8. The van der Waals surface area contributed by atoms with Crippen molar-refractivity contribution in [1.82, 2.24) is 5.16 Å². The first-order valence-electron chi connectivity index (χ1n) is 10.5. The van der Waals surface area contributed by atoms with E-state index in [1.54, 1.807) is 55.5 Å². The number of benzene rings is 2. The lowest BCUT2D eigenvalue weighted by atomic mass is 10.1. The van der Waals surface area contributed by atoms with E-state index in [2.05, 4.69) is 15.8 Å². The van der Waals surface area contributed by atoms with Gasteiger partial charge in [0.15, 0.2) is 6.61 Å². The molecule has 0 aliphatic rings. The first-order chi connectivity index (χ1) is 15.9. The van der Waals surface area contributed by atoms with Gasteiger partial charge < -0.3 is 24.6 Å². The number of aryl methyl sites for hydroxylation is 2. The largest absolute Gasteiger partial charge is 0.494 e. The van der Waals surface area contributed by atoms with Crippen LogP contribution < -0.4 is 15.4 Å². The summed E-state index contributed by atoms with van der Waals surface area (Å²) in [6.07, 6.45) is 0.506. The van der Waals surface area contributed by atoms with Gasteiger partial charge in [-0.25, -0.2) is 4.79 Å². The van der Waals surface area contributed by atoms with Crippen LogP contribution in [0.4, 0.5) is 11.4 Å². The Hall–Kier alpha value is -4.14. The summed E-state index contributed by atoms with van der Waals surface area (Å²) in [6, 6.07) is 13.4. The van der Waals surface area contributed by atoms with Crippen LogP contribution in [-0.2, 0) is 16.0 Å². The number of anilines is 2. The van der Waals surface area contributed by atoms with Gasteiger partial charge in [-0.1, -0.05) is 12.1 Å². The molecule has 172 valence electrons. The molecule has 3 aromatic rings. The minimum absolute atomic E-state index is 0.244. The molecule has 0 aliphatic heterocycles. The fourth-order valence-corrected chi connectivity index (χ4v) is 3.03. The van der Waals surface area contributed by atoms with Gasteiger partial charge in [0.05, 0.1) is 12.3 Å². The Kier molecular flexibility index (Phi) is 7.80. The molecule has 9 nitrogen and oxygen atoms in total. The van der Waals surface area contributed by atoms with E-state index in [9.17, 15) is 14.4 Å². The molecule has 9 heteroatoms. The third kappa shape index (κ3) is 6.19. The molecular weight excluding hydrogens is 426 g/mol. The highest BCUT2D eigenvalue weighted by atomic mass is 16.5. The zero-order valence-corrected chi connectivity index (χ0v) is 18.6. The number of hydrogen-bond donors (Lipinski definition) is 2. The van der Waals surface area contributed by atoms with E-state index in [-0.39, 0.29) is 11.5 Å². The number of amides is 2. The first-order valence-corrected chi connectivity index (χ1v) is 10.5. The van der Waals surface area contributed by atoms with Crippen LogP contribution in [0.25, 0.3) is 0 Å². The van der Waals surface area contributed by atoms with Gasteiger partial charge in [0, 0.05) is 16.9 Å². The van der Waals surface area contributed by atoms with Gasteiger partial charge in [-0.3, -0.25) is 9.59 Å². The first kappa shape index (κ1) is 23.5. The molecule has 0 bridgehead atoms. The molecule has 2 aromatic carbocycles. The van der Waals surface area contributed by atoms with Crippen LogP contribution in [0.2, 0.25) is 0 Å². The Morgan fingerprint density at radius 2 is 1.58 bits per heavy atom.